The van der Waals surface area contributed by atoms with Crippen LogP contribution in [-0.4, -0.2) is 31.0 Å². The Morgan fingerprint density at radius 3 is 2.97 bits per heavy atom. The van der Waals surface area contributed by atoms with Crippen LogP contribution < -0.4 is 5.32 Å². The number of benzene rings is 2. The number of carbonyl (C=O) groups excluding carboxylic acids is 1. The number of para-hydroxylation sites is 1. The number of carbonyl (C=O) groups is 1. The molecule has 30 heavy (non-hydrogen) atoms. The maximum absolute atomic E-state index is 12.2. The summed E-state index contributed by atoms with van der Waals surface area (Å²) in [6.45, 7) is 1.82. The normalized spacial score (nSPS) is 11.4. The second-order valence-corrected chi connectivity index (χ2v) is 8.90. The Kier molecular flexibility index (Phi) is 4.93. The average Bonchev–Trinajstić information content (AvgIpc) is 3.44. The van der Waals surface area contributed by atoms with E-state index in [4.69, 9.17) is 4.52 Å². The van der Waals surface area contributed by atoms with Crippen LogP contribution in [-0.2, 0) is 17.1 Å². The first-order valence-electron chi connectivity index (χ1n) is 9.18. The van der Waals surface area contributed by atoms with E-state index in [1.165, 1.54) is 0 Å². The molecule has 5 aromatic rings. The van der Waals surface area contributed by atoms with E-state index in [9.17, 15) is 4.79 Å². The monoisotopic (exact) mass is 436 g/mol. The molecule has 0 aliphatic rings. The van der Waals surface area contributed by atoms with E-state index in [0.29, 0.717) is 11.6 Å². The van der Waals surface area contributed by atoms with E-state index in [1.54, 1.807) is 29.2 Å². The van der Waals surface area contributed by atoms with Crippen LogP contribution in [0.25, 0.3) is 21.3 Å². The number of amides is 1. The van der Waals surface area contributed by atoms with Crippen molar-refractivity contribution in [1.29, 1.82) is 0 Å². The largest absolute Gasteiger partial charge is 0.361 e. The second-order valence-electron chi connectivity index (χ2n) is 6.67. The molecule has 0 fully saturated rings. The Morgan fingerprint density at radius 1 is 1.20 bits per heavy atom. The lowest BCUT2D eigenvalue weighted by Gasteiger charge is -2.03. The molecule has 5 rings (SSSR count). The van der Waals surface area contributed by atoms with Crippen molar-refractivity contribution in [3.05, 3.63) is 60.0 Å². The zero-order valence-electron chi connectivity index (χ0n) is 15.9. The lowest BCUT2D eigenvalue weighted by atomic mass is 10.2. The van der Waals surface area contributed by atoms with Gasteiger partial charge in [0.15, 0.2) is 4.34 Å². The number of thiazole rings is 1. The number of fused-ring (bicyclic) bond motifs is 2. The summed E-state index contributed by atoms with van der Waals surface area (Å²) in [6, 6.07) is 15.3. The Morgan fingerprint density at radius 2 is 2.10 bits per heavy atom. The molecule has 8 nitrogen and oxygen atoms in total. The van der Waals surface area contributed by atoms with E-state index >= 15 is 0 Å². The van der Waals surface area contributed by atoms with Gasteiger partial charge in [-0.25, -0.2) is 9.67 Å². The fourth-order valence-corrected chi connectivity index (χ4v) is 5.02. The number of hydrogen-bond acceptors (Lipinski definition) is 8. The molecule has 0 radical (unpaired) electrons. The van der Waals surface area contributed by atoms with Crippen molar-refractivity contribution in [3.63, 3.8) is 0 Å². The van der Waals surface area contributed by atoms with Crippen molar-refractivity contribution in [2.24, 2.45) is 0 Å². The number of rotatable bonds is 6. The molecule has 10 heteroatoms. The Hall–Kier alpha value is -3.24. The summed E-state index contributed by atoms with van der Waals surface area (Å²) in [4.78, 5) is 16.9. The van der Waals surface area contributed by atoms with E-state index < -0.39 is 0 Å². The third kappa shape index (κ3) is 3.91. The standard InChI is InChI=1S/C20H16N6O2S2/c1-12-8-14(28-24-12)10-19(27)21-13-6-7-16-18(9-13)30-20(22-16)29-11-26-17-5-3-2-4-15(17)23-25-26/h2-9H,10-11H2,1H3,(H,21,27). The fraction of sp³-hybridized carbons (Fsp3) is 0.150. The summed E-state index contributed by atoms with van der Waals surface area (Å²) < 4.78 is 8.91. The average molecular weight is 437 g/mol. The van der Waals surface area contributed by atoms with Crippen LogP contribution in [0.5, 0.6) is 0 Å². The molecule has 0 saturated carbocycles. The smallest absolute Gasteiger partial charge is 0.232 e. The minimum absolute atomic E-state index is 0.147. The number of nitrogens with one attached hydrogen (secondary N) is 1. The molecular formula is C20H16N6O2S2. The van der Waals surface area contributed by atoms with Crippen LogP contribution in [0.1, 0.15) is 11.5 Å². The van der Waals surface area contributed by atoms with Gasteiger partial charge in [-0.2, -0.15) is 0 Å². The molecule has 150 valence electrons. The topological polar surface area (TPSA) is 98.7 Å². The summed E-state index contributed by atoms with van der Waals surface area (Å²) >= 11 is 3.19. The Labute approximate surface area is 179 Å². The zero-order valence-corrected chi connectivity index (χ0v) is 17.5. The Bertz CT molecular complexity index is 1360. The van der Waals surface area contributed by atoms with Gasteiger partial charge in [-0.3, -0.25) is 4.79 Å². The van der Waals surface area contributed by atoms with Gasteiger partial charge in [-0.1, -0.05) is 34.3 Å². The van der Waals surface area contributed by atoms with Crippen LogP contribution in [0.15, 0.2) is 57.4 Å². The molecule has 0 unspecified atom stereocenters. The molecule has 2 aromatic carbocycles. The molecule has 1 N–H and O–H groups in total. The highest BCUT2D eigenvalue weighted by atomic mass is 32.2. The summed E-state index contributed by atoms with van der Waals surface area (Å²) in [6.07, 6.45) is 0.147. The molecule has 3 heterocycles. The fourth-order valence-electron chi connectivity index (χ4n) is 3.04. The van der Waals surface area contributed by atoms with Crippen molar-refractivity contribution in [2.75, 3.05) is 5.32 Å². The summed E-state index contributed by atoms with van der Waals surface area (Å²) in [5.74, 6) is 1.02. The van der Waals surface area contributed by atoms with Crippen molar-refractivity contribution in [3.8, 4) is 0 Å². The van der Waals surface area contributed by atoms with Crippen molar-refractivity contribution in [1.82, 2.24) is 25.1 Å². The van der Waals surface area contributed by atoms with Gasteiger partial charge in [0.05, 0.1) is 33.7 Å². The van der Waals surface area contributed by atoms with E-state index in [2.05, 4.69) is 25.8 Å². The zero-order chi connectivity index (χ0) is 20.5. The molecule has 3 aromatic heterocycles. The summed E-state index contributed by atoms with van der Waals surface area (Å²) in [7, 11) is 0. The maximum Gasteiger partial charge on any atom is 0.232 e. The molecule has 0 aliphatic heterocycles. The first-order chi connectivity index (χ1) is 14.6. The minimum Gasteiger partial charge on any atom is -0.361 e. The second kappa shape index (κ2) is 7.88. The van der Waals surface area contributed by atoms with Gasteiger partial charge in [-0.05, 0) is 37.3 Å². The van der Waals surface area contributed by atoms with Gasteiger partial charge in [0.25, 0.3) is 0 Å². The van der Waals surface area contributed by atoms with Crippen molar-refractivity contribution in [2.45, 2.75) is 23.6 Å². The molecule has 0 spiro atoms. The van der Waals surface area contributed by atoms with Crippen LogP contribution in [0.3, 0.4) is 0 Å². The van der Waals surface area contributed by atoms with Gasteiger partial charge in [-0.15, -0.1) is 16.4 Å². The minimum atomic E-state index is -0.150. The summed E-state index contributed by atoms with van der Waals surface area (Å²) in [5, 5.41) is 15.1. The Balaban J connectivity index is 1.27. The molecule has 1 amide bonds. The lowest BCUT2D eigenvalue weighted by molar-refractivity contribution is -0.115. The number of thioether (sulfide) groups is 1. The molecular weight excluding hydrogens is 420 g/mol. The van der Waals surface area contributed by atoms with E-state index in [0.717, 1.165) is 37.0 Å². The van der Waals surface area contributed by atoms with Crippen LogP contribution in [0.2, 0.25) is 0 Å². The quantitative estimate of drug-likeness (QED) is 0.397. The lowest BCUT2D eigenvalue weighted by Crippen LogP contribution is -2.13. The first-order valence-corrected chi connectivity index (χ1v) is 11.0. The highest BCUT2D eigenvalue weighted by Gasteiger charge is 2.11. The van der Waals surface area contributed by atoms with Gasteiger partial charge in [0.2, 0.25) is 5.91 Å². The predicted octanol–water partition coefficient (Wildman–Crippen LogP) is 4.27. The van der Waals surface area contributed by atoms with Crippen molar-refractivity contribution >= 4 is 55.9 Å². The van der Waals surface area contributed by atoms with E-state index in [1.807, 2.05) is 54.1 Å². The highest BCUT2D eigenvalue weighted by molar-refractivity contribution is 8.00. The predicted molar refractivity (Wildman–Crippen MR) is 117 cm³/mol. The molecule has 0 aliphatic carbocycles. The van der Waals surface area contributed by atoms with E-state index in [-0.39, 0.29) is 12.3 Å². The number of hydrogen-bond donors (Lipinski definition) is 1. The third-order valence-corrected chi connectivity index (χ3v) is 6.52. The first kappa shape index (κ1) is 18.8. The molecule has 0 saturated heterocycles. The van der Waals surface area contributed by atoms with Gasteiger partial charge in [0, 0.05) is 11.8 Å². The van der Waals surface area contributed by atoms with Crippen molar-refractivity contribution < 1.29 is 9.32 Å². The number of aryl methyl sites for hydroxylation is 1. The number of anilines is 1. The van der Waals surface area contributed by atoms with Gasteiger partial charge >= 0.3 is 0 Å². The van der Waals surface area contributed by atoms with Crippen LogP contribution >= 0.6 is 23.1 Å². The highest BCUT2D eigenvalue weighted by Crippen LogP contribution is 2.32. The molecule has 0 bridgehead atoms. The molecule has 0 atom stereocenters. The van der Waals surface area contributed by atoms with Gasteiger partial charge < -0.3 is 9.84 Å². The number of aromatic nitrogens is 5. The SMILES string of the molecule is Cc1cc(CC(=O)Nc2ccc3nc(SCn4nnc5ccccc54)sc3c2)on1. The third-order valence-electron chi connectivity index (χ3n) is 4.39. The maximum atomic E-state index is 12.2. The summed E-state index contributed by atoms with van der Waals surface area (Å²) in [5.41, 5.74) is 4.26. The number of nitrogens with zero attached hydrogens (tertiary/aromatic N) is 5. The van der Waals surface area contributed by atoms with Crippen LogP contribution in [0.4, 0.5) is 5.69 Å². The van der Waals surface area contributed by atoms with Gasteiger partial charge in [0.1, 0.15) is 11.3 Å². The van der Waals surface area contributed by atoms with Crippen LogP contribution in [0, 0.1) is 6.92 Å².